The maximum atomic E-state index is 11.1. The quantitative estimate of drug-likeness (QED) is 0.235. The number of aromatic nitrogens is 3. The third-order valence-electron chi connectivity index (χ3n) is 4.29. The van der Waals surface area contributed by atoms with Gasteiger partial charge in [-0.2, -0.15) is 0 Å². The summed E-state index contributed by atoms with van der Waals surface area (Å²) in [5.41, 5.74) is 5.83. The fraction of sp³-hybridized carbons (Fsp3) is 0.0909. The van der Waals surface area contributed by atoms with Crippen molar-refractivity contribution in [3.05, 3.63) is 59.4 Å². The molecule has 0 saturated heterocycles. The number of nitrogens with zero attached hydrogens (tertiary/aromatic N) is 2. The monoisotopic (exact) mass is 543 g/mol. The van der Waals surface area contributed by atoms with Crippen molar-refractivity contribution in [3.63, 3.8) is 0 Å². The normalized spacial score (nSPS) is 9.83. The zero-order valence-electron chi connectivity index (χ0n) is 19.0. The highest BCUT2D eigenvalue weighted by Crippen LogP contribution is 2.21. The Hall–Kier alpha value is -4.14. The average Bonchev–Trinajstić information content (AvgIpc) is 3.55. The van der Waals surface area contributed by atoms with Gasteiger partial charge in [-0.1, -0.05) is 24.3 Å². The Bertz CT molecular complexity index is 1270. The van der Waals surface area contributed by atoms with E-state index in [4.69, 9.17) is 24.4 Å². The topological polar surface area (TPSA) is 142 Å². The molecule has 2 amide bonds. The summed E-state index contributed by atoms with van der Waals surface area (Å²) in [5.74, 6) is 0.840. The molecular weight excluding hydrogens is 522 g/mol. The van der Waals surface area contributed by atoms with Gasteiger partial charge in [-0.05, 0) is 48.7 Å². The molecule has 0 aliphatic carbocycles. The molecule has 14 heteroatoms. The highest BCUT2D eigenvalue weighted by Gasteiger charge is 2.09. The summed E-state index contributed by atoms with van der Waals surface area (Å²) in [4.78, 5) is 34.0. The minimum Gasteiger partial charge on any atom is -0.453 e. The van der Waals surface area contributed by atoms with Gasteiger partial charge in [-0.15, -0.1) is 11.3 Å². The van der Waals surface area contributed by atoms with Crippen LogP contribution in [0.25, 0.3) is 22.6 Å². The number of carbonyl (C=O) groups is 2. The smallest absolute Gasteiger partial charge is 0.413 e. The number of fused-ring (bicyclic) bond motifs is 1. The first-order chi connectivity index (χ1) is 17.4. The number of amides is 2. The van der Waals surface area contributed by atoms with E-state index in [0.717, 1.165) is 22.6 Å². The second-order valence-corrected chi connectivity index (χ2v) is 8.20. The predicted octanol–water partition coefficient (Wildman–Crippen LogP) is 4.48. The van der Waals surface area contributed by atoms with Gasteiger partial charge in [0.05, 0.1) is 42.1 Å². The van der Waals surface area contributed by atoms with E-state index >= 15 is 0 Å². The zero-order valence-corrected chi connectivity index (χ0v) is 21.5. The molecule has 2 heterocycles. The zero-order chi connectivity index (χ0) is 25.9. The van der Waals surface area contributed by atoms with Gasteiger partial charge in [-0.25, -0.2) is 19.6 Å². The first-order valence-corrected chi connectivity index (χ1v) is 11.9. The lowest BCUT2D eigenvalue weighted by molar-refractivity contribution is 0.176. The van der Waals surface area contributed by atoms with Crippen molar-refractivity contribution < 1.29 is 19.1 Å². The number of imidazole rings is 1. The van der Waals surface area contributed by atoms with E-state index in [-0.39, 0.29) is 10.2 Å². The van der Waals surface area contributed by atoms with E-state index in [0.29, 0.717) is 11.4 Å². The fourth-order valence-electron chi connectivity index (χ4n) is 2.70. The van der Waals surface area contributed by atoms with E-state index in [9.17, 15) is 9.59 Å². The number of nitrogens with one attached hydrogen (secondary N) is 5. The summed E-state index contributed by atoms with van der Waals surface area (Å²) in [7, 11) is 2.45. The number of anilines is 2. The maximum Gasteiger partial charge on any atom is 0.413 e. The van der Waals surface area contributed by atoms with Crippen LogP contribution in [-0.2, 0) is 9.47 Å². The summed E-state index contributed by atoms with van der Waals surface area (Å²) in [6, 6.07) is 14.9. The number of thiazole rings is 1. The van der Waals surface area contributed by atoms with Crippen LogP contribution in [0.15, 0.2) is 59.4 Å². The number of thiocarbonyl (C=S) groups is 2. The highest BCUT2D eigenvalue weighted by molar-refractivity contribution is 7.80. The van der Waals surface area contributed by atoms with Gasteiger partial charge in [0, 0.05) is 5.38 Å². The highest BCUT2D eigenvalue weighted by atomic mass is 32.1. The number of rotatable bonds is 3. The molecule has 2 aromatic heterocycles. The van der Waals surface area contributed by atoms with Crippen LogP contribution in [0, 0.1) is 0 Å². The molecule has 0 spiro atoms. The molecule has 0 aliphatic heterocycles. The molecule has 36 heavy (non-hydrogen) atoms. The third-order valence-corrected chi connectivity index (χ3v) is 5.28. The number of methoxy groups -OCH3 is 2. The molecule has 2 aromatic carbocycles. The Morgan fingerprint density at radius 1 is 0.889 bits per heavy atom. The summed E-state index contributed by atoms with van der Waals surface area (Å²) in [6.07, 6.45) is -1.38. The number of aromatic amines is 1. The van der Waals surface area contributed by atoms with Crippen LogP contribution in [0.1, 0.15) is 0 Å². The van der Waals surface area contributed by atoms with Gasteiger partial charge in [0.2, 0.25) is 0 Å². The van der Waals surface area contributed by atoms with Crippen LogP contribution in [0.4, 0.5) is 21.0 Å². The van der Waals surface area contributed by atoms with Gasteiger partial charge in [0.15, 0.2) is 16.0 Å². The van der Waals surface area contributed by atoms with Crippen LogP contribution in [0.2, 0.25) is 0 Å². The van der Waals surface area contributed by atoms with Crippen molar-refractivity contribution in [2.24, 2.45) is 0 Å². The van der Waals surface area contributed by atoms with Gasteiger partial charge >= 0.3 is 12.2 Å². The fourth-order valence-corrected chi connectivity index (χ4v) is 3.62. The van der Waals surface area contributed by atoms with Crippen molar-refractivity contribution in [3.8, 4) is 11.5 Å². The van der Waals surface area contributed by atoms with Crippen LogP contribution < -0.4 is 21.3 Å². The molecule has 0 unspecified atom stereocenters. The van der Waals surface area contributed by atoms with Crippen molar-refractivity contribution >= 4 is 80.6 Å². The first-order valence-electron chi connectivity index (χ1n) is 10.1. The number of benzene rings is 2. The Morgan fingerprint density at radius 3 is 1.94 bits per heavy atom. The number of ether oxygens (including phenoxy) is 2. The van der Waals surface area contributed by atoms with E-state index in [1.807, 2.05) is 35.2 Å². The van der Waals surface area contributed by atoms with Gasteiger partial charge in [-0.3, -0.25) is 10.6 Å². The number of hydrogen-bond donors (Lipinski definition) is 5. The summed E-state index contributed by atoms with van der Waals surface area (Å²) < 4.78 is 8.87. The van der Waals surface area contributed by atoms with Gasteiger partial charge in [0.25, 0.3) is 0 Å². The lowest BCUT2D eigenvalue weighted by atomic mass is 10.2. The predicted molar refractivity (Wildman–Crippen MR) is 147 cm³/mol. The Morgan fingerprint density at radius 2 is 1.44 bits per heavy atom. The average molecular weight is 544 g/mol. The number of para-hydroxylation sites is 4. The minimum absolute atomic E-state index is 0.0490. The number of alkyl carbamates (subject to hydrolysis) is 2. The van der Waals surface area contributed by atoms with Crippen molar-refractivity contribution in [2.75, 3.05) is 24.9 Å². The number of H-pyrrole nitrogens is 1. The summed E-state index contributed by atoms with van der Waals surface area (Å²) in [6.45, 7) is 0. The molecule has 0 saturated carbocycles. The molecule has 0 aliphatic rings. The number of carbonyl (C=O) groups excluding carboxylic acids is 2. The van der Waals surface area contributed by atoms with E-state index in [2.05, 4.69) is 45.7 Å². The lowest BCUT2D eigenvalue weighted by Gasteiger charge is -2.15. The largest absolute Gasteiger partial charge is 0.453 e. The third kappa shape index (κ3) is 7.69. The van der Waals surface area contributed by atoms with E-state index in [1.165, 1.54) is 14.2 Å². The Balaban J connectivity index is 0.000000218. The van der Waals surface area contributed by atoms with Crippen LogP contribution in [0.3, 0.4) is 0 Å². The molecule has 11 nitrogen and oxygen atoms in total. The molecular formula is C22H21N7O4S3. The van der Waals surface area contributed by atoms with Crippen molar-refractivity contribution in [1.29, 1.82) is 0 Å². The summed E-state index contributed by atoms with van der Waals surface area (Å²) >= 11 is 11.5. The first kappa shape index (κ1) is 26.5. The molecule has 5 N–H and O–H groups in total. The minimum atomic E-state index is -0.689. The van der Waals surface area contributed by atoms with Crippen molar-refractivity contribution in [1.82, 2.24) is 25.6 Å². The number of hydrogen-bond acceptors (Lipinski definition) is 9. The standard InChI is InChI=1S/C12H14N4O4S2.C10H7N3S/c1-19-11(17)15-9(21)13-7-5-3-4-6-8(7)14-10(22)16-12(18)20-2;1-2-4-8-7(3-1)12-10(13-8)9-5-14-6-11-9/h3-6H,1-2H3,(H2,13,15,17,21)(H2,14,16,18,22);1-6H,(H,12,13). The van der Waals surface area contributed by atoms with E-state index < -0.39 is 12.2 Å². The van der Waals surface area contributed by atoms with Crippen LogP contribution in [0.5, 0.6) is 0 Å². The second-order valence-electron chi connectivity index (χ2n) is 6.66. The molecule has 0 radical (unpaired) electrons. The van der Waals surface area contributed by atoms with Crippen LogP contribution in [-0.4, -0.2) is 51.6 Å². The summed E-state index contributed by atoms with van der Waals surface area (Å²) in [5, 5.41) is 12.3. The lowest BCUT2D eigenvalue weighted by Crippen LogP contribution is -2.35. The van der Waals surface area contributed by atoms with Crippen LogP contribution >= 0.6 is 35.8 Å². The van der Waals surface area contributed by atoms with Crippen molar-refractivity contribution in [2.45, 2.75) is 0 Å². The molecule has 0 atom stereocenters. The molecule has 4 aromatic rings. The van der Waals surface area contributed by atoms with Gasteiger partial charge < -0.3 is 25.1 Å². The van der Waals surface area contributed by atoms with E-state index in [1.54, 1.807) is 35.6 Å². The second kappa shape index (κ2) is 13.1. The molecule has 4 rings (SSSR count). The maximum absolute atomic E-state index is 11.1. The Kier molecular flexibility index (Phi) is 9.62. The van der Waals surface area contributed by atoms with Gasteiger partial charge in [0.1, 0.15) is 5.69 Å². The molecule has 0 bridgehead atoms. The molecule has 0 fully saturated rings. The molecule has 186 valence electrons. The SMILES string of the molecule is COC(=O)NC(=S)Nc1ccccc1NC(=S)NC(=O)OC.c1ccc2[nH]c(-c3cscn3)nc2c1. The Labute approximate surface area is 220 Å².